The number of carbonyl (C=O) groups is 1. The van der Waals surface area contributed by atoms with E-state index in [1.807, 2.05) is 0 Å². The van der Waals surface area contributed by atoms with E-state index < -0.39 is 0 Å². The Kier molecular flexibility index (Phi) is 6.16. The number of azide groups is 1. The van der Waals surface area contributed by atoms with Gasteiger partial charge >= 0.3 is 0 Å². The summed E-state index contributed by atoms with van der Waals surface area (Å²) in [7, 11) is 0. The van der Waals surface area contributed by atoms with Crippen LogP contribution in [-0.2, 0) is 4.79 Å². The highest BCUT2D eigenvalue weighted by molar-refractivity contribution is 8.01. The van der Waals surface area contributed by atoms with Crippen molar-refractivity contribution in [1.82, 2.24) is 5.32 Å². The van der Waals surface area contributed by atoms with Crippen molar-refractivity contribution in [2.24, 2.45) is 5.11 Å². The number of rotatable bonds is 5. The fourth-order valence-electron chi connectivity index (χ4n) is 0.623. The third-order valence-electron chi connectivity index (χ3n) is 1.23. The molecule has 0 aromatic heterocycles. The van der Waals surface area contributed by atoms with Crippen LogP contribution in [-0.4, -0.2) is 29.5 Å². The molecule has 6 heteroatoms. The smallest absolute Gasteiger partial charge is 0.230 e. The molecule has 1 amide bonds. The first-order valence-electron chi connectivity index (χ1n) is 4.37. The van der Waals surface area contributed by atoms with Crippen LogP contribution in [0.1, 0.15) is 20.8 Å². The molecule has 80 valence electrons. The summed E-state index contributed by atoms with van der Waals surface area (Å²) in [5, 5.41) is 5.98. The molecule has 0 unspecified atom stereocenters. The quantitative estimate of drug-likeness (QED) is 0.330. The summed E-state index contributed by atoms with van der Waals surface area (Å²) in [5.74, 6) is 0.429. The van der Waals surface area contributed by atoms with Crippen molar-refractivity contribution in [2.75, 3.05) is 18.8 Å². The number of thioether (sulfide) groups is 1. The third-order valence-corrected chi connectivity index (χ3v) is 2.51. The highest BCUT2D eigenvalue weighted by Gasteiger charge is 2.12. The SMILES string of the molecule is CC(C)(C)SCC(=O)NCCN=[N+]=[N-]. The van der Waals surface area contributed by atoms with Crippen molar-refractivity contribution in [1.29, 1.82) is 0 Å². The number of carbonyl (C=O) groups excluding carboxylic acids is 1. The minimum absolute atomic E-state index is 0.0157. The highest BCUT2D eigenvalue weighted by atomic mass is 32.2. The predicted octanol–water partition coefficient (Wildman–Crippen LogP) is 1.94. The molecule has 5 nitrogen and oxygen atoms in total. The van der Waals surface area contributed by atoms with Crippen LogP contribution in [0.25, 0.3) is 10.4 Å². The first kappa shape index (κ1) is 13.1. The van der Waals surface area contributed by atoms with Gasteiger partial charge in [0.2, 0.25) is 5.91 Å². The summed E-state index contributed by atoms with van der Waals surface area (Å²) < 4.78 is 0.0994. The summed E-state index contributed by atoms with van der Waals surface area (Å²) in [6, 6.07) is 0. The molecule has 0 aliphatic carbocycles. The molecule has 0 aliphatic rings. The molecule has 0 aromatic rings. The second-order valence-electron chi connectivity index (χ2n) is 3.71. The Morgan fingerprint density at radius 3 is 2.71 bits per heavy atom. The minimum atomic E-state index is -0.0157. The Labute approximate surface area is 88.3 Å². The molecule has 0 spiro atoms. The first-order chi connectivity index (χ1) is 6.45. The lowest BCUT2D eigenvalue weighted by atomic mass is 10.3. The number of amides is 1. The summed E-state index contributed by atoms with van der Waals surface area (Å²) in [6.07, 6.45) is 0. The van der Waals surface area contributed by atoms with Crippen LogP contribution in [0.4, 0.5) is 0 Å². The molecule has 0 saturated heterocycles. The van der Waals surface area contributed by atoms with E-state index in [-0.39, 0.29) is 10.7 Å². The van der Waals surface area contributed by atoms with Gasteiger partial charge in [0.05, 0.1) is 5.75 Å². The molecule has 0 radical (unpaired) electrons. The van der Waals surface area contributed by atoms with Crippen molar-refractivity contribution >= 4 is 17.7 Å². The van der Waals surface area contributed by atoms with Gasteiger partial charge in [0.25, 0.3) is 0 Å². The average Bonchev–Trinajstić information content (AvgIpc) is 2.08. The first-order valence-corrected chi connectivity index (χ1v) is 5.36. The lowest BCUT2D eigenvalue weighted by Crippen LogP contribution is -2.29. The number of hydrogen-bond donors (Lipinski definition) is 1. The predicted molar refractivity (Wildman–Crippen MR) is 59.2 cm³/mol. The lowest BCUT2D eigenvalue weighted by molar-refractivity contribution is -0.118. The second kappa shape index (κ2) is 6.56. The lowest BCUT2D eigenvalue weighted by Gasteiger charge is -2.16. The highest BCUT2D eigenvalue weighted by Crippen LogP contribution is 2.22. The minimum Gasteiger partial charge on any atom is -0.355 e. The van der Waals surface area contributed by atoms with Gasteiger partial charge in [0, 0.05) is 22.7 Å². The number of hydrogen-bond acceptors (Lipinski definition) is 3. The van der Waals surface area contributed by atoms with Crippen molar-refractivity contribution in [3.8, 4) is 0 Å². The Morgan fingerprint density at radius 2 is 2.21 bits per heavy atom. The van der Waals surface area contributed by atoms with E-state index in [0.29, 0.717) is 18.8 Å². The van der Waals surface area contributed by atoms with Crippen molar-refractivity contribution < 1.29 is 4.79 Å². The van der Waals surface area contributed by atoms with Crippen molar-refractivity contribution in [3.63, 3.8) is 0 Å². The number of nitrogens with zero attached hydrogens (tertiary/aromatic N) is 3. The van der Waals surface area contributed by atoms with Crippen LogP contribution < -0.4 is 5.32 Å². The topological polar surface area (TPSA) is 77.9 Å². The van der Waals surface area contributed by atoms with Gasteiger partial charge in [-0.05, 0) is 5.53 Å². The summed E-state index contributed by atoms with van der Waals surface area (Å²) in [4.78, 5) is 13.8. The maximum Gasteiger partial charge on any atom is 0.230 e. The zero-order valence-electron chi connectivity index (χ0n) is 8.78. The van der Waals surface area contributed by atoms with E-state index in [2.05, 4.69) is 36.1 Å². The summed E-state index contributed by atoms with van der Waals surface area (Å²) >= 11 is 1.59. The zero-order valence-corrected chi connectivity index (χ0v) is 9.60. The molecule has 14 heavy (non-hydrogen) atoms. The van der Waals surface area contributed by atoms with Gasteiger partial charge in [-0.15, -0.1) is 11.8 Å². The van der Waals surface area contributed by atoms with E-state index in [4.69, 9.17) is 5.53 Å². The molecule has 0 fully saturated rings. The van der Waals surface area contributed by atoms with Crippen LogP contribution in [0.2, 0.25) is 0 Å². The molecule has 1 N–H and O–H groups in total. The van der Waals surface area contributed by atoms with Crippen LogP contribution in [0.3, 0.4) is 0 Å². The molecule has 0 saturated carbocycles. The van der Waals surface area contributed by atoms with E-state index in [1.165, 1.54) is 0 Å². The molecular weight excluding hydrogens is 200 g/mol. The monoisotopic (exact) mass is 216 g/mol. The molecule has 0 atom stereocenters. The maximum atomic E-state index is 11.2. The van der Waals surface area contributed by atoms with Crippen LogP contribution in [0, 0.1) is 0 Å². The third kappa shape index (κ3) is 9.22. The average molecular weight is 216 g/mol. The fraction of sp³-hybridized carbons (Fsp3) is 0.875. The van der Waals surface area contributed by atoms with Gasteiger partial charge in [0.1, 0.15) is 0 Å². The molecule has 0 bridgehead atoms. The Bertz CT molecular complexity index is 230. The molecular formula is C8H16N4OS. The van der Waals surface area contributed by atoms with Gasteiger partial charge in [-0.3, -0.25) is 4.79 Å². The van der Waals surface area contributed by atoms with Gasteiger partial charge in [-0.25, -0.2) is 0 Å². The van der Waals surface area contributed by atoms with E-state index in [0.717, 1.165) is 0 Å². The maximum absolute atomic E-state index is 11.2. The molecule has 0 heterocycles. The molecule has 0 rings (SSSR count). The number of nitrogens with one attached hydrogen (secondary N) is 1. The molecule has 0 aromatic carbocycles. The van der Waals surface area contributed by atoms with Crippen LogP contribution in [0.15, 0.2) is 5.11 Å². The van der Waals surface area contributed by atoms with Gasteiger partial charge in [-0.2, -0.15) is 0 Å². The largest absolute Gasteiger partial charge is 0.355 e. The van der Waals surface area contributed by atoms with Crippen molar-refractivity contribution in [3.05, 3.63) is 10.4 Å². The standard InChI is InChI=1S/C8H16N4OS/c1-8(2,3)14-6-7(13)10-4-5-11-12-9/h4-6H2,1-3H3,(H,10,13). The van der Waals surface area contributed by atoms with Gasteiger partial charge in [0.15, 0.2) is 0 Å². The fourth-order valence-corrected chi connectivity index (χ4v) is 1.29. The Hall–Kier alpha value is -0.870. The Balaban J connectivity index is 3.51. The van der Waals surface area contributed by atoms with Crippen LogP contribution >= 0.6 is 11.8 Å². The van der Waals surface area contributed by atoms with Gasteiger partial charge < -0.3 is 5.32 Å². The summed E-state index contributed by atoms with van der Waals surface area (Å²) in [5.41, 5.74) is 7.98. The van der Waals surface area contributed by atoms with Crippen LogP contribution in [0.5, 0.6) is 0 Å². The second-order valence-corrected chi connectivity index (χ2v) is 5.51. The normalized spacial score (nSPS) is 10.5. The summed E-state index contributed by atoms with van der Waals surface area (Å²) in [6.45, 7) is 6.90. The van der Waals surface area contributed by atoms with Gasteiger partial charge in [-0.1, -0.05) is 25.9 Å². The van der Waals surface area contributed by atoms with E-state index >= 15 is 0 Å². The Morgan fingerprint density at radius 1 is 1.57 bits per heavy atom. The zero-order chi connectivity index (χ0) is 11.0. The van der Waals surface area contributed by atoms with E-state index in [9.17, 15) is 4.79 Å². The van der Waals surface area contributed by atoms with E-state index in [1.54, 1.807) is 11.8 Å². The molecule has 0 aliphatic heterocycles. The van der Waals surface area contributed by atoms with Crippen molar-refractivity contribution in [2.45, 2.75) is 25.5 Å².